The van der Waals surface area contributed by atoms with Gasteiger partial charge in [0.2, 0.25) is 15.9 Å². The van der Waals surface area contributed by atoms with Crippen molar-refractivity contribution >= 4 is 43.0 Å². The number of rotatable bonds is 7. The lowest BCUT2D eigenvalue weighted by Gasteiger charge is -2.31. The van der Waals surface area contributed by atoms with Gasteiger partial charge in [-0.3, -0.25) is 4.79 Å². The number of sulfonamides is 2. The van der Waals surface area contributed by atoms with Crippen LogP contribution in [0.25, 0.3) is 0 Å². The number of anilines is 1. The zero-order chi connectivity index (χ0) is 24.3. The third-order valence-electron chi connectivity index (χ3n) is 5.86. The minimum atomic E-state index is -3.85. The number of methoxy groups -OCH3 is 1. The quantitative estimate of drug-likeness (QED) is 0.580. The Kier molecular flexibility index (Phi) is 7.60. The Labute approximate surface area is 203 Å². The van der Waals surface area contributed by atoms with Crippen LogP contribution in [0.15, 0.2) is 44.8 Å². The first kappa shape index (κ1) is 25.1. The predicted molar refractivity (Wildman–Crippen MR) is 127 cm³/mol. The van der Waals surface area contributed by atoms with Crippen LogP contribution in [-0.4, -0.2) is 77.9 Å². The van der Waals surface area contributed by atoms with Gasteiger partial charge in [0.05, 0.1) is 26.2 Å². The van der Waals surface area contributed by atoms with Gasteiger partial charge in [0.1, 0.15) is 14.9 Å². The minimum Gasteiger partial charge on any atom is -0.495 e. The summed E-state index contributed by atoms with van der Waals surface area (Å²) in [7, 11) is -6.11. The molecule has 1 N–H and O–H groups in total. The number of piperidine rings is 1. The van der Waals surface area contributed by atoms with E-state index in [2.05, 4.69) is 5.32 Å². The lowest BCUT2D eigenvalue weighted by Crippen LogP contribution is -2.43. The van der Waals surface area contributed by atoms with Crippen molar-refractivity contribution in [3.05, 3.63) is 35.7 Å². The zero-order valence-corrected chi connectivity index (χ0v) is 21.1. The van der Waals surface area contributed by atoms with Gasteiger partial charge in [-0.05, 0) is 42.5 Å². The molecule has 4 rings (SSSR count). The van der Waals surface area contributed by atoms with E-state index in [0.29, 0.717) is 38.3 Å². The molecular formula is C21H27N3O7S3. The molecule has 0 aliphatic carbocycles. The molecule has 2 saturated heterocycles. The first-order chi connectivity index (χ1) is 16.2. The van der Waals surface area contributed by atoms with E-state index in [1.165, 1.54) is 27.9 Å². The van der Waals surface area contributed by atoms with Crippen molar-refractivity contribution < 1.29 is 31.1 Å². The fraction of sp³-hybridized carbons (Fsp3) is 0.476. The Hall–Kier alpha value is -2.03. The molecule has 0 bridgehead atoms. The van der Waals surface area contributed by atoms with Gasteiger partial charge in [0.25, 0.3) is 10.0 Å². The van der Waals surface area contributed by atoms with Crippen LogP contribution in [0, 0.1) is 5.92 Å². The summed E-state index contributed by atoms with van der Waals surface area (Å²) in [5.41, 5.74) is 0.302. The fourth-order valence-electron chi connectivity index (χ4n) is 4.04. The molecule has 1 atom stereocenters. The first-order valence-electron chi connectivity index (χ1n) is 10.8. The molecule has 1 amide bonds. The third-order valence-corrected chi connectivity index (χ3v) is 11.0. The van der Waals surface area contributed by atoms with Crippen molar-refractivity contribution in [1.29, 1.82) is 0 Å². The summed E-state index contributed by atoms with van der Waals surface area (Å²) in [4.78, 5) is 13.0. The number of thiophene rings is 1. The summed E-state index contributed by atoms with van der Waals surface area (Å²) in [5, 5.41) is 4.47. The number of amides is 1. The van der Waals surface area contributed by atoms with Gasteiger partial charge >= 0.3 is 0 Å². The summed E-state index contributed by atoms with van der Waals surface area (Å²) >= 11 is 1.14. The average Bonchev–Trinajstić information content (AvgIpc) is 3.41. The Bertz CT molecular complexity index is 1220. The van der Waals surface area contributed by atoms with Gasteiger partial charge in [0, 0.05) is 31.9 Å². The van der Waals surface area contributed by atoms with E-state index in [1.54, 1.807) is 23.6 Å². The molecule has 2 aliphatic heterocycles. The third kappa shape index (κ3) is 5.14. The van der Waals surface area contributed by atoms with Gasteiger partial charge in [0.15, 0.2) is 0 Å². The van der Waals surface area contributed by atoms with Crippen molar-refractivity contribution in [3.8, 4) is 5.75 Å². The van der Waals surface area contributed by atoms with Crippen LogP contribution in [0.2, 0.25) is 0 Å². The SMILES string of the molecule is COc1ccc(NC(=O)C2CCCN(S(=O)(=O)c3cccs3)C2)cc1S(=O)(=O)N1CCOCC1. The van der Waals surface area contributed by atoms with Gasteiger partial charge < -0.3 is 14.8 Å². The molecule has 1 aromatic carbocycles. The molecule has 10 nitrogen and oxygen atoms in total. The Morgan fingerprint density at radius 2 is 1.85 bits per heavy atom. The van der Waals surface area contributed by atoms with E-state index < -0.39 is 26.0 Å². The van der Waals surface area contributed by atoms with Gasteiger partial charge in [-0.1, -0.05) is 6.07 Å². The highest BCUT2D eigenvalue weighted by atomic mass is 32.2. The van der Waals surface area contributed by atoms with Gasteiger partial charge in [-0.2, -0.15) is 8.61 Å². The summed E-state index contributed by atoms with van der Waals surface area (Å²) in [5.74, 6) is -0.730. The zero-order valence-electron chi connectivity index (χ0n) is 18.7. The fourth-order valence-corrected chi connectivity index (χ4v) is 8.30. The molecule has 2 aromatic rings. The van der Waals surface area contributed by atoms with Crippen LogP contribution in [0.5, 0.6) is 5.75 Å². The number of nitrogens with one attached hydrogen (secondary N) is 1. The molecule has 2 aliphatic rings. The van der Waals surface area contributed by atoms with Crippen LogP contribution >= 0.6 is 11.3 Å². The lowest BCUT2D eigenvalue weighted by atomic mass is 9.98. The molecular weight excluding hydrogens is 502 g/mol. The summed E-state index contributed by atoms with van der Waals surface area (Å²) < 4.78 is 65.5. The molecule has 0 spiro atoms. The molecule has 2 fully saturated rings. The van der Waals surface area contributed by atoms with Crippen molar-refractivity contribution in [2.24, 2.45) is 5.92 Å². The van der Waals surface area contributed by atoms with Crippen LogP contribution in [0.1, 0.15) is 12.8 Å². The molecule has 0 radical (unpaired) electrons. The van der Waals surface area contributed by atoms with Crippen LogP contribution < -0.4 is 10.1 Å². The van der Waals surface area contributed by atoms with E-state index in [9.17, 15) is 21.6 Å². The number of hydrogen-bond donors (Lipinski definition) is 1. The maximum Gasteiger partial charge on any atom is 0.252 e. The number of carbonyl (C=O) groups excluding carboxylic acids is 1. The van der Waals surface area contributed by atoms with Crippen molar-refractivity contribution in [2.45, 2.75) is 21.9 Å². The maximum absolute atomic E-state index is 13.2. The second kappa shape index (κ2) is 10.3. The van der Waals surface area contributed by atoms with Crippen molar-refractivity contribution in [3.63, 3.8) is 0 Å². The Morgan fingerprint density at radius 3 is 2.53 bits per heavy atom. The van der Waals surface area contributed by atoms with Crippen molar-refractivity contribution in [2.75, 3.05) is 51.8 Å². The second-order valence-electron chi connectivity index (χ2n) is 8.01. The molecule has 1 aromatic heterocycles. The van der Waals surface area contributed by atoms with Crippen molar-refractivity contribution in [1.82, 2.24) is 8.61 Å². The van der Waals surface area contributed by atoms with Gasteiger partial charge in [-0.15, -0.1) is 11.3 Å². The number of hydrogen-bond acceptors (Lipinski definition) is 8. The van der Waals surface area contributed by atoms with E-state index in [0.717, 1.165) is 11.3 Å². The van der Waals surface area contributed by atoms with E-state index in [4.69, 9.17) is 9.47 Å². The second-order valence-corrected chi connectivity index (χ2v) is 13.0. The van der Waals surface area contributed by atoms with E-state index >= 15 is 0 Å². The summed E-state index contributed by atoms with van der Waals surface area (Å²) in [6.07, 6.45) is 1.10. The Morgan fingerprint density at radius 1 is 1.09 bits per heavy atom. The highest BCUT2D eigenvalue weighted by molar-refractivity contribution is 7.91. The highest BCUT2D eigenvalue weighted by Crippen LogP contribution is 2.31. The molecule has 0 saturated carbocycles. The standard InChI is InChI=1S/C21H27N3O7S3/c1-30-18-7-6-17(14-19(18)33(26,27)23-9-11-31-12-10-23)22-21(25)16-4-2-8-24(15-16)34(28,29)20-5-3-13-32-20/h3,5-7,13-14,16H,2,4,8-12,15H2,1H3,(H,22,25). The predicted octanol–water partition coefficient (Wildman–Crippen LogP) is 1.82. The molecule has 1 unspecified atom stereocenters. The van der Waals surface area contributed by atoms with Crippen LogP contribution in [0.4, 0.5) is 5.69 Å². The van der Waals surface area contributed by atoms with Crippen LogP contribution in [0.3, 0.4) is 0 Å². The number of carbonyl (C=O) groups is 1. The number of benzene rings is 1. The number of ether oxygens (including phenoxy) is 2. The lowest BCUT2D eigenvalue weighted by molar-refractivity contribution is -0.120. The largest absolute Gasteiger partial charge is 0.495 e. The van der Waals surface area contributed by atoms with E-state index in [-0.39, 0.29) is 40.4 Å². The molecule has 3 heterocycles. The number of morpholine rings is 1. The topological polar surface area (TPSA) is 122 Å². The molecule has 34 heavy (non-hydrogen) atoms. The normalized spacial score (nSPS) is 20.7. The summed E-state index contributed by atoms with van der Waals surface area (Å²) in [6, 6.07) is 7.68. The highest BCUT2D eigenvalue weighted by Gasteiger charge is 2.34. The first-order valence-corrected chi connectivity index (χ1v) is 14.6. The number of nitrogens with zero attached hydrogens (tertiary/aromatic N) is 2. The minimum absolute atomic E-state index is 0.0414. The summed E-state index contributed by atoms with van der Waals surface area (Å²) in [6.45, 7) is 1.52. The maximum atomic E-state index is 13.2. The molecule has 13 heteroatoms. The smallest absolute Gasteiger partial charge is 0.252 e. The molecule has 186 valence electrons. The van der Waals surface area contributed by atoms with Gasteiger partial charge in [-0.25, -0.2) is 16.8 Å². The Balaban J connectivity index is 1.51. The van der Waals surface area contributed by atoms with Crippen LogP contribution in [-0.2, 0) is 29.6 Å². The average molecular weight is 530 g/mol. The monoisotopic (exact) mass is 529 g/mol. The van der Waals surface area contributed by atoms with E-state index in [1.807, 2.05) is 0 Å².